The van der Waals surface area contributed by atoms with Gasteiger partial charge in [0.2, 0.25) is 5.95 Å². The average Bonchev–Trinajstić information content (AvgIpc) is 3.32. The van der Waals surface area contributed by atoms with E-state index in [9.17, 15) is 4.79 Å². The van der Waals surface area contributed by atoms with Crippen molar-refractivity contribution in [1.29, 1.82) is 0 Å². The lowest BCUT2D eigenvalue weighted by Gasteiger charge is -2.36. The van der Waals surface area contributed by atoms with Crippen molar-refractivity contribution in [1.82, 2.24) is 14.9 Å². The average molecular weight is 447 g/mol. The predicted molar refractivity (Wildman–Crippen MR) is 129 cm³/mol. The first-order valence-corrected chi connectivity index (χ1v) is 11.6. The van der Waals surface area contributed by atoms with E-state index in [4.69, 9.17) is 15.5 Å². The van der Waals surface area contributed by atoms with Gasteiger partial charge in [0.05, 0.1) is 17.6 Å². The number of fused-ring (bicyclic) bond motifs is 3. The highest BCUT2D eigenvalue weighted by Crippen LogP contribution is 2.44. The van der Waals surface area contributed by atoms with Gasteiger partial charge >= 0.3 is 0 Å². The second kappa shape index (κ2) is 8.86. The fourth-order valence-corrected chi connectivity index (χ4v) is 4.89. The van der Waals surface area contributed by atoms with Crippen LogP contribution in [0.1, 0.15) is 31.4 Å². The van der Waals surface area contributed by atoms with Crippen molar-refractivity contribution in [2.24, 2.45) is 11.7 Å². The van der Waals surface area contributed by atoms with E-state index in [0.29, 0.717) is 23.8 Å². The number of rotatable bonds is 6. The molecule has 1 saturated heterocycles. The maximum atomic E-state index is 12.9. The van der Waals surface area contributed by atoms with Crippen molar-refractivity contribution in [3.8, 4) is 5.75 Å². The number of likely N-dealkylation sites (N-methyl/N-ethyl adjacent to an activating group) is 1. The van der Waals surface area contributed by atoms with Gasteiger partial charge < -0.3 is 20.7 Å². The van der Waals surface area contributed by atoms with Crippen LogP contribution in [0.15, 0.2) is 53.9 Å². The largest absolute Gasteiger partial charge is 0.492 e. The van der Waals surface area contributed by atoms with E-state index in [1.807, 2.05) is 30.3 Å². The number of hydrogen-bond acceptors (Lipinski definition) is 7. The summed E-state index contributed by atoms with van der Waals surface area (Å²) in [5, 5.41) is 3.28. The molecule has 0 saturated carbocycles. The predicted octanol–water partition coefficient (Wildman–Crippen LogP) is 3.17. The van der Waals surface area contributed by atoms with Gasteiger partial charge in [-0.15, -0.1) is 0 Å². The third-order valence-electron chi connectivity index (χ3n) is 6.63. The van der Waals surface area contributed by atoms with Crippen LogP contribution in [0.2, 0.25) is 0 Å². The van der Waals surface area contributed by atoms with E-state index in [1.165, 1.54) is 25.9 Å². The van der Waals surface area contributed by atoms with E-state index >= 15 is 0 Å². The number of nitrogens with two attached hydrogens (primary N) is 1. The maximum Gasteiger partial charge on any atom is 0.254 e. The van der Waals surface area contributed by atoms with Crippen molar-refractivity contribution in [2.45, 2.75) is 25.7 Å². The van der Waals surface area contributed by atoms with E-state index in [1.54, 1.807) is 24.2 Å². The summed E-state index contributed by atoms with van der Waals surface area (Å²) in [5.41, 5.74) is 9.76. The summed E-state index contributed by atoms with van der Waals surface area (Å²) in [4.78, 5) is 26.2. The zero-order valence-corrected chi connectivity index (χ0v) is 19.1. The molecule has 1 aromatic heterocycles. The van der Waals surface area contributed by atoms with Crippen molar-refractivity contribution in [3.05, 3.63) is 59.6 Å². The van der Waals surface area contributed by atoms with Gasteiger partial charge in [-0.3, -0.25) is 9.69 Å². The number of likely N-dealkylation sites (tertiary alicyclic amines) is 1. The highest BCUT2D eigenvalue weighted by molar-refractivity contribution is 6.09. The number of ether oxygens (including phenoxy) is 1. The minimum atomic E-state index is -0.133. The van der Waals surface area contributed by atoms with Crippen molar-refractivity contribution < 1.29 is 9.53 Å². The summed E-state index contributed by atoms with van der Waals surface area (Å²) in [5.74, 6) is 1.22. The molecule has 8 heteroatoms. The molecule has 5 rings (SSSR count). The topological polar surface area (TPSA) is 96.6 Å². The monoisotopic (exact) mass is 446 g/mol. The van der Waals surface area contributed by atoms with Gasteiger partial charge in [-0.2, -0.15) is 0 Å². The molecule has 2 atom stereocenters. The molecule has 1 aromatic carbocycles. The van der Waals surface area contributed by atoms with Gasteiger partial charge in [-0.25, -0.2) is 9.97 Å². The Balaban J connectivity index is 1.29. The molecular formula is C25H30N6O2. The molecule has 1 fully saturated rings. The summed E-state index contributed by atoms with van der Waals surface area (Å²) in [6.45, 7) is 6.08. The molecule has 2 aliphatic heterocycles. The van der Waals surface area contributed by atoms with E-state index in [-0.39, 0.29) is 17.7 Å². The van der Waals surface area contributed by atoms with Crippen LogP contribution in [0.3, 0.4) is 0 Å². The molecule has 1 aliphatic carbocycles. The normalized spacial score (nSPS) is 22.4. The summed E-state index contributed by atoms with van der Waals surface area (Å²) in [7, 11) is 1.75. The van der Waals surface area contributed by atoms with Crippen molar-refractivity contribution >= 4 is 23.2 Å². The third kappa shape index (κ3) is 4.30. The lowest BCUT2D eigenvalue weighted by atomic mass is 9.77. The molecule has 3 N–H and O–H groups in total. The van der Waals surface area contributed by atoms with E-state index in [2.05, 4.69) is 22.1 Å². The summed E-state index contributed by atoms with van der Waals surface area (Å²) >= 11 is 0. The van der Waals surface area contributed by atoms with E-state index in [0.717, 1.165) is 29.4 Å². The van der Waals surface area contributed by atoms with Crippen LogP contribution < -0.4 is 20.7 Å². The summed E-state index contributed by atoms with van der Waals surface area (Å²) in [6.07, 6.45) is 8.04. The molecule has 172 valence electrons. The molecule has 3 aliphatic rings. The fraction of sp³-hybridized carbons (Fsp3) is 0.400. The molecular weight excluding hydrogens is 416 g/mol. The highest BCUT2D eigenvalue weighted by Gasteiger charge is 2.39. The van der Waals surface area contributed by atoms with Gasteiger partial charge in [-0.05, 0) is 62.2 Å². The number of allylic oxidation sites excluding steroid dienone is 2. The van der Waals surface area contributed by atoms with Gasteiger partial charge in [-0.1, -0.05) is 13.0 Å². The molecule has 2 unspecified atom stereocenters. The minimum absolute atomic E-state index is 0.0555. The molecule has 3 heterocycles. The molecule has 0 bridgehead atoms. The second-order valence-corrected chi connectivity index (χ2v) is 8.98. The smallest absolute Gasteiger partial charge is 0.254 e. The lowest BCUT2D eigenvalue weighted by Crippen LogP contribution is -2.39. The molecule has 0 spiro atoms. The fourth-order valence-electron chi connectivity index (χ4n) is 4.89. The van der Waals surface area contributed by atoms with Crippen LogP contribution in [0.5, 0.6) is 5.75 Å². The molecule has 2 aromatic rings. The van der Waals surface area contributed by atoms with E-state index < -0.39 is 0 Å². The van der Waals surface area contributed by atoms with Gasteiger partial charge in [0, 0.05) is 36.5 Å². The first-order chi connectivity index (χ1) is 16.0. The van der Waals surface area contributed by atoms with Crippen LogP contribution >= 0.6 is 0 Å². The number of aromatic nitrogens is 2. The molecule has 0 radical (unpaired) electrons. The summed E-state index contributed by atoms with van der Waals surface area (Å²) < 4.78 is 5.89. The minimum Gasteiger partial charge on any atom is -0.492 e. The number of nitrogens with zero attached hydrogens (tertiary/aromatic N) is 4. The van der Waals surface area contributed by atoms with Gasteiger partial charge in [0.15, 0.2) is 0 Å². The second-order valence-electron chi connectivity index (χ2n) is 8.98. The SMILES string of the molecule is CC1C=C(N)C=C2C(=O)N(C)c3cnc(Nc4ccc(OCCN5CCCC5)cc4)nc3C21. The number of carbonyl (C=O) groups excluding carboxylic acids is 1. The maximum absolute atomic E-state index is 12.9. The van der Waals surface area contributed by atoms with Crippen LogP contribution in [0.4, 0.5) is 17.3 Å². The Bertz CT molecular complexity index is 1100. The first kappa shape index (κ1) is 21.5. The van der Waals surface area contributed by atoms with Crippen molar-refractivity contribution in [2.75, 3.05) is 43.5 Å². The molecule has 33 heavy (non-hydrogen) atoms. The number of carbonyl (C=O) groups is 1. The summed E-state index contributed by atoms with van der Waals surface area (Å²) in [6, 6.07) is 7.83. The van der Waals surface area contributed by atoms with Gasteiger partial charge in [0.25, 0.3) is 5.91 Å². The number of hydrogen-bond donors (Lipinski definition) is 2. The van der Waals surface area contributed by atoms with Crippen LogP contribution in [-0.4, -0.2) is 54.1 Å². The van der Waals surface area contributed by atoms with Crippen LogP contribution in [0, 0.1) is 5.92 Å². The zero-order chi connectivity index (χ0) is 22.9. The zero-order valence-electron chi connectivity index (χ0n) is 19.1. The van der Waals surface area contributed by atoms with Gasteiger partial charge in [0.1, 0.15) is 12.4 Å². The van der Waals surface area contributed by atoms with Crippen molar-refractivity contribution in [3.63, 3.8) is 0 Å². The number of benzene rings is 1. The van der Waals surface area contributed by atoms with Crippen LogP contribution in [-0.2, 0) is 4.79 Å². The Morgan fingerprint density at radius 1 is 1.21 bits per heavy atom. The number of anilines is 3. The number of amides is 1. The number of nitrogens with one attached hydrogen (secondary N) is 1. The Morgan fingerprint density at radius 3 is 2.73 bits per heavy atom. The first-order valence-electron chi connectivity index (χ1n) is 11.6. The lowest BCUT2D eigenvalue weighted by molar-refractivity contribution is -0.115. The Kier molecular flexibility index (Phi) is 5.76. The molecule has 8 nitrogen and oxygen atoms in total. The quantitative estimate of drug-likeness (QED) is 0.703. The standard InChI is InChI=1S/C25H30N6O2/c1-16-13-17(26)14-20-22(16)23-21(30(2)24(20)32)15-27-25(29-23)28-18-5-7-19(8-6-18)33-12-11-31-9-3-4-10-31/h5-8,13-16,22H,3-4,9-12,26H2,1-2H3,(H,27,28,29). The Hall–Kier alpha value is -3.39. The third-order valence-corrected chi connectivity index (χ3v) is 6.63. The molecule has 1 amide bonds. The van der Waals surface area contributed by atoms with Crippen LogP contribution in [0.25, 0.3) is 0 Å². The Morgan fingerprint density at radius 2 is 1.97 bits per heavy atom. The highest BCUT2D eigenvalue weighted by atomic mass is 16.5. The Labute approximate surface area is 194 Å².